The predicted molar refractivity (Wildman–Crippen MR) is 404 cm³/mol. The first-order valence-corrected chi connectivity index (χ1v) is 35.3. The molecule has 4 atom stereocenters. The van der Waals surface area contributed by atoms with Crippen LogP contribution in [0.3, 0.4) is 0 Å². The van der Waals surface area contributed by atoms with Gasteiger partial charge in [0, 0.05) is 62.4 Å². The average Bonchev–Trinajstić information content (AvgIpc) is 1.55. The second kappa shape index (κ2) is 23.6. The highest BCUT2D eigenvalue weighted by Gasteiger charge is 2.42. The fourth-order valence-corrected chi connectivity index (χ4v) is 14.4. The van der Waals surface area contributed by atoms with Crippen LogP contribution in [-0.4, -0.2) is 4.57 Å². The van der Waals surface area contributed by atoms with E-state index < -0.39 is 0 Å². The Balaban J connectivity index is 1.41. The SMILES string of the molecule is Cc1cc(C(C)c2cc(C(C)(C)C)cc(C(C)(C)C)c2)c(-n2c[n+](-c3c(C(C)c4cc(C(C)(C)C)cc(C(C)(C)C)c4)cc(C)cc3C(C)c3cc(C(C)(C)C)cc(C(C)(C)C)c3)c3c2-c2cccc4cccc-3c24)c(C(C)c2cc(C(C)(C)C)cc(C(C)(C)C)c2)c1. The molecule has 1 heterocycles. The molecule has 0 aliphatic heterocycles. The molecule has 0 bridgehead atoms. The summed E-state index contributed by atoms with van der Waals surface area (Å²) in [5.74, 6) is 0.0967. The van der Waals surface area contributed by atoms with Crippen molar-refractivity contribution >= 4 is 10.8 Å². The first kappa shape index (κ1) is 69.1. The molecule has 93 heavy (non-hydrogen) atoms. The first-order valence-electron chi connectivity index (χ1n) is 35.3. The second-order valence-corrected chi connectivity index (χ2v) is 37.1. The van der Waals surface area contributed by atoms with Crippen LogP contribution in [0.1, 0.15) is 318 Å². The summed E-state index contributed by atoms with van der Waals surface area (Å²) in [4.78, 5) is 0. The summed E-state index contributed by atoms with van der Waals surface area (Å²) >= 11 is 0. The van der Waals surface area contributed by atoms with Gasteiger partial charge < -0.3 is 0 Å². The van der Waals surface area contributed by atoms with Gasteiger partial charge in [-0.05, 0) is 141 Å². The minimum absolute atomic E-state index is 0.0242. The van der Waals surface area contributed by atoms with E-state index >= 15 is 0 Å². The molecular formula is C91H117N2+. The summed E-state index contributed by atoms with van der Waals surface area (Å²) in [6.45, 7) is 71.8. The van der Waals surface area contributed by atoms with Crippen molar-refractivity contribution in [3.63, 3.8) is 0 Å². The molecule has 0 radical (unpaired) electrons. The monoisotopic (exact) mass is 1240 g/mol. The molecule has 0 amide bonds. The van der Waals surface area contributed by atoms with Crippen LogP contribution < -0.4 is 4.57 Å². The third kappa shape index (κ3) is 13.5. The van der Waals surface area contributed by atoms with Gasteiger partial charge >= 0.3 is 0 Å². The largest absolute Gasteiger partial charge is 0.255 e. The maximum absolute atomic E-state index is 2.72. The lowest BCUT2D eigenvalue weighted by atomic mass is 9.76. The molecule has 490 valence electrons. The lowest BCUT2D eigenvalue weighted by Gasteiger charge is -2.30. The van der Waals surface area contributed by atoms with Crippen LogP contribution in [0, 0.1) is 13.8 Å². The fraction of sp³-hybridized carbons (Fsp3) is 0.462. The predicted octanol–water partition coefficient (Wildman–Crippen LogP) is 25.2. The number of hydrogen-bond acceptors (Lipinski definition) is 0. The van der Waals surface area contributed by atoms with Gasteiger partial charge in [0.15, 0.2) is 11.4 Å². The Bertz CT molecular complexity index is 3740. The van der Waals surface area contributed by atoms with E-state index in [1.54, 1.807) is 0 Å². The van der Waals surface area contributed by atoms with E-state index in [9.17, 15) is 0 Å². The molecule has 0 fully saturated rings. The van der Waals surface area contributed by atoms with Crippen LogP contribution in [0.4, 0.5) is 0 Å². The van der Waals surface area contributed by atoms with Gasteiger partial charge in [-0.3, -0.25) is 0 Å². The molecule has 2 nitrogen and oxygen atoms in total. The third-order valence-electron chi connectivity index (χ3n) is 21.1. The van der Waals surface area contributed by atoms with Crippen molar-refractivity contribution in [1.82, 2.24) is 4.57 Å². The first-order chi connectivity index (χ1) is 42.6. The van der Waals surface area contributed by atoms with E-state index in [2.05, 4.69) is 357 Å². The summed E-state index contributed by atoms with van der Waals surface area (Å²) in [6, 6.07) is 54.6. The van der Waals surface area contributed by atoms with Crippen LogP contribution >= 0.6 is 0 Å². The standard InChI is InChI=1S/C91H117N2/c1-54-37-75(56(3)61-41-65(84(7,8)9)49-66(42-61)85(10,11)12)80(76(38-54)57(4)62-43-67(86(13,14)15)50-68(44-62)87(16,17)18)92-53-93(83-74-36-32-34-60-33-31-35-73(79(60)74)82(83)92)81-77(58(5)63-45-69(88(19,20)21)51-70(46-63)89(22,23)24)39-55(2)40-78(81)59(6)64-47-71(90(25,26)27)52-72(48-64)91(28,29)30/h31-53,56-59H,1-30H3/q+1. The van der Waals surface area contributed by atoms with Crippen molar-refractivity contribution in [2.45, 2.75) is 275 Å². The molecule has 8 aromatic carbocycles. The van der Waals surface area contributed by atoms with Gasteiger partial charge in [-0.15, -0.1) is 0 Å². The Morgan fingerprint density at radius 1 is 0.312 bits per heavy atom. The smallest absolute Gasteiger partial charge is 0.193 e. The maximum Gasteiger partial charge on any atom is 0.255 e. The van der Waals surface area contributed by atoms with E-state index in [0.29, 0.717) is 0 Å². The normalized spacial score (nSPS) is 14.8. The fourth-order valence-electron chi connectivity index (χ4n) is 14.4. The Morgan fingerprint density at radius 2 is 0.570 bits per heavy atom. The highest BCUT2D eigenvalue weighted by atomic mass is 15.2. The molecule has 0 saturated carbocycles. The van der Waals surface area contributed by atoms with Crippen LogP contribution in [0.5, 0.6) is 0 Å². The van der Waals surface area contributed by atoms with Gasteiger partial charge in [-0.2, -0.15) is 9.13 Å². The van der Waals surface area contributed by atoms with Crippen molar-refractivity contribution < 1.29 is 4.57 Å². The summed E-state index contributed by atoms with van der Waals surface area (Å²) in [5.41, 5.74) is 31.6. The molecule has 9 aromatic rings. The lowest BCUT2D eigenvalue weighted by Crippen LogP contribution is -2.35. The number of nitrogens with zero attached hydrogens (tertiary/aromatic N) is 2. The van der Waals surface area contributed by atoms with E-state index in [0.717, 1.165) is 0 Å². The maximum atomic E-state index is 2.72. The zero-order valence-electron chi connectivity index (χ0n) is 63.5. The van der Waals surface area contributed by atoms with Gasteiger partial charge in [0.25, 0.3) is 6.33 Å². The van der Waals surface area contributed by atoms with Crippen molar-refractivity contribution in [2.75, 3.05) is 0 Å². The highest BCUT2D eigenvalue weighted by molar-refractivity contribution is 6.13. The summed E-state index contributed by atoms with van der Waals surface area (Å²) in [7, 11) is 0. The van der Waals surface area contributed by atoms with Crippen molar-refractivity contribution in [2.24, 2.45) is 0 Å². The average molecular weight is 1240 g/mol. The molecule has 0 saturated heterocycles. The topological polar surface area (TPSA) is 8.81 Å². The molecule has 4 unspecified atom stereocenters. The number of hydrogen-bond donors (Lipinski definition) is 0. The van der Waals surface area contributed by atoms with Gasteiger partial charge in [0.05, 0.1) is 0 Å². The number of fused-ring (bicyclic) bond motifs is 3. The second-order valence-electron chi connectivity index (χ2n) is 37.1. The summed E-state index contributed by atoms with van der Waals surface area (Å²) in [5, 5.41) is 2.59. The third-order valence-corrected chi connectivity index (χ3v) is 21.1. The van der Waals surface area contributed by atoms with E-state index in [1.807, 2.05) is 0 Å². The lowest BCUT2D eigenvalue weighted by molar-refractivity contribution is -0.584. The van der Waals surface area contributed by atoms with Crippen LogP contribution in [0.2, 0.25) is 0 Å². The van der Waals surface area contributed by atoms with E-state index in [1.165, 1.54) is 145 Å². The van der Waals surface area contributed by atoms with Gasteiger partial charge in [0.2, 0.25) is 0 Å². The Kier molecular flexibility index (Phi) is 17.5. The quantitative estimate of drug-likeness (QED) is 0.121. The van der Waals surface area contributed by atoms with Gasteiger partial charge in [-0.25, -0.2) is 0 Å². The molecule has 1 aliphatic carbocycles. The summed E-state index contributed by atoms with van der Waals surface area (Å²) < 4.78 is 5.44. The van der Waals surface area contributed by atoms with Crippen LogP contribution in [0.15, 0.2) is 140 Å². The molecular weight excluding hydrogens is 1120 g/mol. The Morgan fingerprint density at radius 3 is 0.849 bits per heavy atom. The van der Waals surface area contributed by atoms with Gasteiger partial charge in [-0.1, -0.05) is 326 Å². The minimum Gasteiger partial charge on any atom is -0.193 e. The molecule has 1 aromatic heterocycles. The number of aromatic nitrogens is 2. The van der Waals surface area contributed by atoms with Crippen molar-refractivity contribution in [1.29, 1.82) is 0 Å². The molecule has 1 aliphatic rings. The van der Waals surface area contributed by atoms with Gasteiger partial charge in [0.1, 0.15) is 11.4 Å². The van der Waals surface area contributed by atoms with E-state index in [4.69, 9.17) is 0 Å². The number of rotatable bonds is 10. The zero-order valence-corrected chi connectivity index (χ0v) is 63.5. The molecule has 10 rings (SSSR count). The minimum atomic E-state index is -0.0482. The Labute approximate surface area is 565 Å². The molecule has 2 heteroatoms. The zero-order chi connectivity index (χ0) is 68.7. The van der Waals surface area contributed by atoms with Crippen LogP contribution in [-0.2, 0) is 43.3 Å². The molecule has 0 N–H and O–H groups in total. The van der Waals surface area contributed by atoms with Crippen LogP contribution in [0.25, 0.3) is 44.7 Å². The summed E-state index contributed by atoms with van der Waals surface area (Å²) in [6.07, 6.45) is 2.57. The van der Waals surface area contributed by atoms with Crippen molar-refractivity contribution in [3.05, 3.63) is 240 Å². The number of aryl methyl sites for hydroxylation is 2. The highest BCUT2D eigenvalue weighted by Crippen LogP contribution is 2.52. The van der Waals surface area contributed by atoms with E-state index in [-0.39, 0.29) is 67.0 Å². The van der Waals surface area contributed by atoms with Crippen molar-refractivity contribution in [3.8, 4) is 33.9 Å². The Hall–Kier alpha value is -6.77. The molecule has 0 spiro atoms. The number of imidazole rings is 1. The number of benzene rings is 8.